The number of likely N-dealkylation sites (tertiary alicyclic amines) is 1. The van der Waals surface area contributed by atoms with E-state index in [1.165, 1.54) is 38.8 Å². The van der Waals surface area contributed by atoms with Crippen molar-refractivity contribution in [2.75, 3.05) is 26.2 Å². The van der Waals surface area contributed by atoms with E-state index in [-0.39, 0.29) is 0 Å². The standard InChI is InChI=1S/C14H23NO/c16-10-12-2-1-5-15(8-12)9-14-7-11-3-4-13(14)6-11/h3-4,11-14,16H,1-2,5-10H2/t11-,12-,13-,14-/m0/s1. The number of aliphatic hydroxyl groups excluding tert-OH is 1. The van der Waals surface area contributed by atoms with Crippen LogP contribution < -0.4 is 0 Å². The maximum Gasteiger partial charge on any atom is 0.0471 e. The minimum atomic E-state index is 0.382. The molecule has 1 heterocycles. The SMILES string of the molecule is OC[C@H]1CCCN(C[C@@H]2C[C@H]3C=C[C@H]2C3)C1. The molecule has 1 aliphatic heterocycles. The second-order valence-electron chi connectivity index (χ2n) is 5.99. The van der Waals surface area contributed by atoms with E-state index in [1.54, 1.807) is 0 Å². The van der Waals surface area contributed by atoms with Gasteiger partial charge in [0.1, 0.15) is 0 Å². The van der Waals surface area contributed by atoms with Crippen molar-refractivity contribution in [1.82, 2.24) is 4.90 Å². The summed E-state index contributed by atoms with van der Waals surface area (Å²) in [7, 11) is 0. The van der Waals surface area contributed by atoms with Gasteiger partial charge in [0.05, 0.1) is 0 Å². The van der Waals surface area contributed by atoms with Gasteiger partial charge < -0.3 is 10.0 Å². The molecular formula is C14H23NO. The van der Waals surface area contributed by atoms with E-state index in [0.29, 0.717) is 12.5 Å². The highest BCUT2D eigenvalue weighted by Crippen LogP contribution is 2.43. The Morgan fingerprint density at radius 3 is 2.88 bits per heavy atom. The van der Waals surface area contributed by atoms with Crippen LogP contribution in [-0.4, -0.2) is 36.2 Å². The van der Waals surface area contributed by atoms with Crippen molar-refractivity contribution >= 4 is 0 Å². The van der Waals surface area contributed by atoms with Gasteiger partial charge in [0, 0.05) is 19.7 Å². The van der Waals surface area contributed by atoms with Crippen molar-refractivity contribution < 1.29 is 5.11 Å². The molecule has 16 heavy (non-hydrogen) atoms. The van der Waals surface area contributed by atoms with Crippen LogP contribution >= 0.6 is 0 Å². The van der Waals surface area contributed by atoms with Gasteiger partial charge in [0.25, 0.3) is 0 Å². The van der Waals surface area contributed by atoms with Gasteiger partial charge in [-0.1, -0.05) is 12.2 Å². The Labute approximate surface area is 98.3 Å². The zero-order valence-corrected chi connectivity index (χ0v) is 10.0. The molecule has 90 valence electrons. The molecule has 0 amide bonds. The number of aliphatic hydroxyl groups is 1. The maximum atomic E-state index is 9.24. The van der Waals surface area contributed by atoms with Crippen molar-refractivity contribution in [2.24, 2.45) is 23.7 Å². The minimum absolute atomic E-state index is 0.382. The first-order valence-corrected chi connectivity index (χ1v) is 6.86. The number of allylic oxidation sites excluding steroid dienone is 2. The summed E-state index contributed by atoms with van der Waals surface area (Å²) in [5.74, 6) is 3.23. The summed E-state index contributed by atoms with van der Waals surface area (Å²) in [5, 5.41) is 9.24. The van der Waals surface area contributed by atoms with E-state index < -0.39 is 0 Å². The molecule has 2 heteroatoms. The smallest absolute Gasteiger partial charge is 0.0471 e. The number of hydrogen-bond acceptors (Lipinski definition) is 2. The average molecular weight is 221 g/mol. The highest BCUT2D eigenvalue weighted by molar-refractivity contribution is 5.10. The van der Waals surface area contributed by atoms with Gasteiger partial charge in [-0.05, 0) is 55.9 Å². The molecule has 3 rings (SSSR count). The lowest BCUT2D eigenvalue weighted by atomic mass is 9.91. The number of hydrogen-bond donors (Lipinski definition) is 1. The first-order valence-electron chi connectivity index (χ1n) is 6.86. The maximum absolute atomic E-state index is 9.24. The van der Waals surface area contributed by atoms with Crippen LogP contribution in [0, 0.1) is 23.7 Å². The monoisotopic (exact) mass is 221 g/mol. The summed E-state index contributed by atoms with van der Waals surface area (Å²) in [6.07, 6.45) is 10.2. The Hall–Kier alpha value is -0.340. The zero-order chi connectivity index (χ0) is 11.0. The van der Waals surface area contributed by atoms with Crippen LogP contribution in [-0.2, 0) is 0 Å². The molecule has 1 saturated heterocycles. The molecule has 0 radical (unpaired) electrons. The molecular weight excluding hydrogens is 198 g/mol. The zero-order valence-electron chi connectivity index (χ0n) is 10.0. The molecule has 0 aromatic heterocycles. The summed E-state index contributed by atoms with van der Waals surface area (Å²) >= 11 is 0. The minimum Gasteiger partial charge on any atom is -0.396 e. The summed E-state index contributed by atoms with van der Waals surface area (Å²) in [5.41, 5.74) is 0. The van der Waals surface area contributed by atoms with E-state index in [9.17, 15) is 5.11 Å². The number of rotatable bonds is 3. The Kier molecular flexibility index (Phi) is 3.03. The van der Waals surface area contributed by atoms with E-state index in [4.69, 9.17) is 0 Å². The molecule has 4 atom stereocenters. The third-order valence-corrected chi connectivity index (χ3v) is 4.77. The van der Waals surface area contributed by atoms with Gasteiger partial charge >= 0.3 is 0 Å². The molecule has 1 saturated carbocycles. The molecule has 1 N–H and O–H groups in total. The first kappa shape index (κ1) is 10.8. The Morgan fingerprint density at radius 2 is 2.19 bits per heavy atom. The molecule has 2 fully saturated rings. The second kappa shape index (κ2) is 4.50. The lowest BCUT2D eigenvalue weighted by Gasteiger charge is -2.34. The quantitative estimate of drug-likeness (QED) is 0.736. The highest BCUT2D eigenvalue weighted by atomic mass is 16.3. The third kappa shape index (κ3) is 2.05. The van der Waals surface area contributed by atoms with E-state index in [1.807, 2.05) is 0 Å². The van der Waals surface area contributed by atoms with Crippen LogP contribution in [0.2, 0.25) is 0 Å². The fourth-order valence-electron chi connectivity index (χ4n) is 3.90. The van der Waals surface area contributed by atoms with Crippen LogP contribution in [0.25, 0.3) is 0 Å². The molecule has 0 unspecified atom stereocenters. The van der Waals surface area contributed by atoms with Gasteiger partial charge in [-0.3, -0.25) is 0 Å². The van der Waals surface area contributed by atoms with Crippen LogP contribution in [0.5, 0.6) is 0 Å². The number of nitrogens with zero attached hydrogens (tertiary/aromatic N) is 1. The summed E-state index contributed by atoms with van der Waals surface area (Å²) in [4.78, 5) is 2.60. The van der Waals surface area contributed by atoms with E-state index >= 15 is 0 Å². The summed E-state index contributed by atoms with van der Waals surface area (Å²) < 4.78 is 0. The van der Waals surface area contributed by atoms with E-state index in [2.05, 4.69) is 17.1 Å². The number of piperidine rings is 1. The Balaban J connectivity index is 1.53. The summed E-state index contributed by atoms with van der Waals surface area (Å²) in [6.45, 7) is 4.05. The van der Waals surface area contributed by atoms with E-state index in [0.717, 1.165) is 24.3 Å². The largest absolute Gasteiger partial charge is 0.396 e. The van der Waals surface area contributed by atoms with Crippen LogP contribution in [0.4, 0.5) is 0 Å². The molecule has 2 bridgehead atoms. The molecule has 0 aromatic carbocycles. The van der Waals surface area contributed by atoms with Gasteiger partial charge in [0.2, 0.25) is 0 Å². The lowest BCUT2D eigenvalue weighted by molar-refractivity contribution is 0.104. The lowest BCUT2D eigenvalue weighted by Crippen LogP contribution is -2.40. The molecule has 0 spiro atoms. The van der Waals surface area contributed by atoms with Crippen LogP contribution in [0.1, 0.15) is 25.7 Å². The topological polar surface area (TPSA) is 23.5 Å². The van der Waals surface area contributed by atoms with Crippen molar-refractivity contribution in [3.8, 4) is 0 Å². The molecule has 0 aromatic rings. The van der Waals surface area contributed by atoms with Gasteiger partial charge in [-0.2, -0.15) is 0 Å². The van der Waals surface area contributed by atoms with Gasteiger partial charge in [-0.15, -0.1) is 0 Å². The van der Waals surface area contributed by atoms with Gasteiger partial charge in [-0.25, -0.2) is 0 Å². The normalized spacial score (nSPS) is 43.1. The van der Waals surface area contributed by atoms with Crippen LogP contribution in [0.15, 0.2) is 12.2 Å². The number of fused-ring (bicyclic) bond motifs is 2. The molecule has 3 aliphatic rings. The van der Waals surface area contributed by atoms with Crippen molar-refractivity contribution in [3.05, 3.63) is 12.2 Å². The predicted molar refractivity (Wildman–Crippen MR) is 65.1 cm³/mol. The van der Waals surface area contributed by atoms with Crippen molar-refractivity contribution in [3.63, 3.8) is 0 Å². The predicted octanol–water partition coefficient (Wildman–Crippen LogP) is 1.90. The van der Waals surface area contributed by atoms with Crippen molar-refractivity contribution in [1.29, 1.82) is 0 Å². The molecule has 2 aliphatic carbocycles. The first-order chi connectivity index (χ1) is 7.85. The Bertz CT molecular complexity index is 276. The highest BCUT2D eigenvalue weighted by Gasteiger charge is 2.36. The third-order valence-electron chi connectivity index (χ3n) is 4.77. The van der Waals surface area contributed by atoms with Crippen LogP contribution in [0.3, 0.4) is 0 Å². The Morgan fingerprint density at radius 1 is 1.25 bits per heavy atom. The average Bonchev–Trinajstić information content (AvgIpc) is 2.91. The molecule has 2 nitrogen and oxygen atoms in total. The van der Waals surface area contributed by atoms with Crippen molar-refractivity contribution in [2.45, 2.75) is 25.7 Å². The fourth-order valence-corrected chi connectivity index (χ4v) is 3.90. The van der Waals surface area contributed by atoms with Gasteiger partial charge in [0.15, 0.2) is 0 Å². The fraction of sp³-hybridized carbons (Fsp3) is 0.857. The second-order valence-corrected chi connectivity index (χ2v) is 5.99. The summed E-state index contributed by atoms with van der Waals surface area (Å²) in [6, 6.07) is 0.